The quantitative estimate of drug-likeness (QED) is 0.793. The van der Waals surface area contributed by atoms with E-state index in [2.05, 4.69) is 72.6 Å². The number of aryl methyl sites for hydroxylation is 1. The molecular weight excluding hydrogens is 280 g/mol. The van der Waals surface area contributed by atoms with Crippen LogP contribution in [0.2, 0.25) is 0 Å². The highest BCUT2D eigenvalue weighted by Gasteiger charge is 2.19. The molecule has 0 aliphatic carbocycles. The average molecular weight is 302 g/mol. The molecular formula is C21H22N2. The van der Waals surface area contributed by atoms with E-state index in [0.29, 0.717) is 0 Å². The number of anilines is 1. The summed E-state index contributed by atoms with van der Waals surface area (Å²) in [5.41, 5.74) is 5.19. The van der Waals surface area contributed by atoms with Crippen molar-refractivity contribution < 1.29 is 0 Å². The first kappa shape index (κ1) is 15.3. The molecule has 1 aliphatic rings. The summed E-state index contributed by atoms with van der Waals surface area (Å²) >= 11 is 0. The molecule has 2 nitrogen and oxygen atoms in total. The zero-order valence-corrected chi connectivity index (χ0v) is 13.4. The highest BCUT2D eigenvalue weighted by atomic mass is 15.1. The van der Waals surface area contributed by atoms with E-state index in [-0.39, 0.29) is 6.04 Å². The summed E-state index contributed by atoms with van der Waals surface area (Å²) in [6.07, 6.45) is 11.6. The number of benzene rings is 2. The molecule has 1 heterocycles. The first-order valence-corrected chi connectivity index (χ1v) is 8.12. The van der Waals surface area contributed by atoms with E-state index < -0.39 is 0 Å². The fourth-order valence-corrected chi connectivity index (χ4v) is 3.09. The van der Waals surface area contributed by atoms with Crippen LogP contribution in [0, 0.1) is 5.41 Å². The summed E-state index contributed by atoms with van der Waals surface area (Å²) in [5, 5.41) is 7.74. The van der Waals surface area contributed by atoms with Gasteiger partial charge in [0.15, 0.2) is 0 Å². The van der Waals surface area contributed by atoms with Gasteiger partial charge in [0.1, 0.15) is 0 Å². The Kier molecular flexibility index (Phi) is 4.72. The van der Waals surface area contributed by atoms with Crippen LogP contribution in [0.4, 0.5) is 5.69 Å². The zero-order chi connectivity index (χ0) is 16.1. The number of para-hydroxylation sites is 1. The second kappa shape index (κ2) is 7.10. The van der Waals surface area contributed by atoms with Crippen LogP contribution in [0.5, 0.6) is 0 Å². The van der Waals surface area contributed by atoms with Gasteiger partial charge in [0.25, 0.3) is 0 Å². The summed E-state index contributed by atoms with van der Waals surface area (Å²) in [5.74, 6) is 0. The van der Waals surface area contributed by atoms with E-state index in [1.165, 1.54) is 28.6 Å². The monoisotopic (exact) mass is 302 g/mol. The Hall–Kier alpha value is -2.61. The second-order valence-corrected chi connectivity index (χ2v) is 5.73. The molecule has 0 fully saturated rings. The van der Waals surface area contributed by atoms with Crippen molar-refractivity contribution in [2.24, 2.45) is 0 Å². The normalized spacial score (nSPS) is 16.6. The molecule has 1 atom stereocenters. The lowest BCUT2D eigenvalue weighted by Gasteiger charge is -2.31. The Morgan fingerprint density at radius 1 is 1.00 bits per heavy atom. The molecule has 0 amide bonds. The average Bonchev–Trinajstić information content (AvgIpc) is 2.62. The third-order valence-electron chi connectivity index (χ3n) is 4.24. The Morgan fingerprint density at radius 2 is 1.78 bits per heavy atom. The standard InChI is InChI=1S/C21H22N2/c1-2-18-11-8-12-19(15-17-9-4-3-5-10-17)21(18)23-14-7-6-13-20(23)16-22/h3-14,16,20,22H,2,15H2,1H3. The highest BCUT2D eigenvalue weighted by Crippen LogP contribution is 2.31. The van der Waals surface area contributed by atoms with Crippen LogP contribution in [0.15, 0.2) is 73.0 Å². The smallest absolute Gasteiger partial charge is 0.0867 e. The van der Waals surface area contributed by atoms with Gasteiger partial charge in [-0.2, -0.15) is 0 Å². The molecule has 0 spiro atoms. The number of rotatable bonds is 5. The van der Waals surface area contributed by atoms with Gasteiger partial charge in [-0.1, -0.05) is 67.6 Å². The zero-order valence-electron chi connectivity index (χ0n) is 13.4. The number of nitrogens with zero attached hydrogens (tertiary/aromatic N) is 1. The minimum absolute atomic E-state index is 0.0118. The number of nitrogens with one attached hydrogen (secondary N) is 1. The van der Waals surface area contributed by atoms with Crippen molar-refractivity contribution in [3.8, 4) is 0 Å². The third kappa shape index (κ3) is 3.26. The molecule has 0 saturated carbocycles. The van der Waals surface area contributed by atoms with Crippen molar-refractivity contribution in [3.63, 3.8) is 0 Å². The van der Waals surface area contributed by atoms with Gasteiger partial charge >= 0.3 is 0 Å². The summed E-state index contributed by atoms with van der Waals surface area (Å²) in [6, 6.07) is 17.1. The van der Waals surface area contributed by atoms with Crippen molar-refractivity contribution in [3.05, 3.63) is 89.6 Å². The molecule has 3 rings (SSSR count). The molecule has 1 aliphatic heterocycles. The Bertz CT molecular complexity index is 729. The van der Waals surface area contributed by atoms with Gasteiger partial charge in [-0.05, 0) is 35.6 Å². The molecule has 116 valence electrons. The third-order valence-corrected chi connectivity index (χ3v) is 4.24. The molecule has 0 saturated heterocycles. The first-order valence-electron chi connectivity index (χ1n) is 8.12. The minimum Gasteiger partial charge on any atom is -0.336 e. The maximum absolute atomic E-state index is 7.74. The predicted octanol–water partition coefficient (Wildman–Crippen LogP) is 4.75. The Morgan fingerprint density at radius 3 is 2.52 bits per heavy atom. The largest absolute Gasteiger partial charge is 0.336 e. The van der Waals surface area contributed by atoms with E-state index >= 15 is 0 Å². The molecule has 1 unspecified atom stereocenters. The fraction of sp³-hybridized carbons (Fsp3) is 0.190. The summed E-state index contributed by atoms with van der Waals surface area (Å²) in [7, 11) is 0. The van der Waals surface area contributed by atoms with Crippen LogP contribution in [-0.2, 0) is 12.8 Å². The van der Waals surface area contributed by atoms with E-state index in [0.717, 1.165) is 12.8 Å². The lowest BCUT2D eigenvalue weighted by Crippen LogP contribution is -2.33. The molecule has 1 N–H and O–H groups in total. The van der Waals surface area contributed by atoms with E-state index in [4.69, 9.17) is 5.41 Å². The lowest BCUT2D eigenvalue weighted by atomic mass is 9.97. The molecule has 0 aromatic heterocycles. The van der Waals surface area contributed by atoms with Gasteiger partial charge in [0.05, 0.1) is 6.04 Å². The van der Waals surface area contributed by atoms with Gasteiger partial charge < -0.3 is 10.3 Å². The number of hydrogen-bond acceptors (Lipinski definition) is 2. The molecule has 23 heavy (non-hydrogen) atoms. The van der Waals surface area contributed by atoms with Crippen LogP contribution in [0.25, 0.3) is 0 Å². The van der Waals surface area contributed by atoms with Gasteiger partial charge in [0, 0.05) is 18.1 Å². The predicted molar refractivity (Wildman–Crippen MR) is 98.4 cm³/mol. The number of hydrogen-bond donors (Lipinski definition) is 1. The van der Waals surface area contributed by atoms with Crippen LogP contribution in [-0.4, -0.2) is 12.3 Å². The van der Waals surface area contributed by atoms with Crippen LogP contribution < -0.4 is 4.90 Å². The van der Waals surface area contributed by atoms with Gasteiger partial charge in [0.2, 0.25) is 0 Å². The van der Waals surface area contributed by atoms with Gasteiger partial charge in [-0.15, -0.1) is 0 Å². The summed E-state index contributed by atoms with van der Waals surface area (Å²) in [6.45, 7) is 2.19. The van der Waals surface area contributed by atoms with E-state index in [9.17, 15) is 0 Å². The Balaban J connectivity index is 2.05. The molecule has 0 bridgehead atoms. The van der Waals surface area contributed by atoms with E-state index in [1.54, 1.807) is 0 Å². The molecule has 2 aromatic carbocycles. The number of allylic oxidation sites excluding steroid dienone is 2. The van der Waals surface area contributed by atoms with Gasteiger partial charge in [-0.25, -0.2) is 0 Å². The lowest BCUT2D eigenvalue weighted by molar-refractivity contribution is 0.937. The molecule has 0 radical (unpaired) electrons. The van der Waals surface area contributed by atoms with Crippen molar-refractivity contribution in [2.45, 2.75) is 25.8 Å². The van der Waals surface area contributed by atoms with Crippen molar-refractivity contribution in [1.82, 2.24) is 0 Å². The minimum atomic E-state index is -0.0118. The molecule has 2 heteroatoms. The van der Waals surface area contributed by atoms with Crippen LogP contribution >= 0.6 is 0 Å². The Labute approximate surface area is 138 Å². The van der Waals surface area contributed by atoms with Crippen LogP contribution in [0.3, 0.4) is 0 Å². The van der Waals surface area contributed by atoms with Crippen molar-refractivity contribution in [1.29, 1.82) is 5.41 Å². The SMILES string of the molecule is CCc1cccc(Cc2ccccc2)c1N1C=CC=CC1C=N. The maximum Gasteiger partial charge on any atom is 0.0867 e. The summed E-state index contributed by atoms with van der Waals surface area (Å²) < 4.78 is 0. The van der Waals surface area contributed by atoms with Crippen molar-refractivity contribution >= 4 is 11.9 Å². The summed E-state index contributed by atoms with van der Waals surface area (Å²) in [4.78, 5) is 2.21. The van der Waals surface area contributed by atoms with Gasteiger partial charge in [-0.3, -0.25) is 0 Å². The maximum atomic E-state index is 7.74. The first-order chi connectivity index (χ1) is 11.3. The molecule has 2 aromatic rings. The second-order valence-electron chi connectivity index (χ2n) is 5.73. The highest BCUT2D eigenvalue weighted by molar-refractivity contribution is 5.76. The van der Waals surface area contributed by atoms with Crippen molar-refractivity contribution in [2.75, 3.05) is 4.90 Å². The van der Waals surface area contributed by atoms with Crippen LogP contribution in [0.1, 0.15) is 23.6 Å². The topological polar surface area (TPSA) is 27.1 Å². The van der Waals surface area contributed by atoms with E-state index in [1.807, 2.05) is 12.2 Å². The fourth-order valence-electron chi connectivity index (χ4n) is 3.09.